The van der Waals surface area contributed by atoms with E-state index in [1.54, 1.807) is 11.8 Å². The molecule has 1 heterocycles. The van der Waals surface area contributed by atoms with Crippen LogP contribution in [0.3, 0.4) is 0 Å². The number of hydrogen-bond donors (Lipinski definition) is 2. The molecule has 134 valence electrons. The summed E-state index contributed by atoms with van der Waals surface area (Å²) in [4.78, 5) is 21.6. The first-order valence-electron chi connectivity index (χ1n) is 8.83. The molecule has 0 unspecified atom stereocenters. The van der Waals surface area contributed by atoms with Crippen LogP contribution in [-0.2, 0) is 0 Å². The molecule has 4 nitrogen and oxygen atoms in total. The molecule has 0 saturated heterocycles. The maximum atomic E-state index is 12.6. The van der Waals surface area contributed by atoms with Crippen LogP contribution in [0, 0.1) is 0 Å². The van der Waals surface area contributed by atoms with Gasteiger partial charge in [0.05, 0.1) is 16.6 Å². The number of benzene rings is 3. The third kappa shape index (κ3) is 3.73. The second-order valence-corrected chi connectivity index (χ2v) is 7.37. The number of nitrogens with one attached hydrogen (secondary N) is 2. The van der Waals surface area contributed by atoms with Crippen LogP contribution in [0.4, 0.5) is 5.69 Å². The SMILES string of the molecule is CCSc1ccccc1C(=O)Nc1ccc(-c2nc3ccccc3[nH]2)cc1. The van der Waals surface area contributed by atoms with Gasteiger partial charge in [-0.25, -0.2) is 4.98 Å². The third-order valence-corrected chi connectivity index (χ3v) is 5.19. The van der Waals surface area contributed by atoms with Gasteiger partial charge >= 0.3 is 0 Å². The second kappa shape index (κ2) is 7.68. The van der Waals surface area contributed by atoms with Crippen molar-refractivity contribution in [3.63, 3.8) is 0 Å². The monoisotopic (exact) mass is 373 g/mol. The predicted molar refractivity (Wildman–Crippen MR) is 112 cm³/mol. The summed E-state index contributed by atoms with van der Waals surface area (Å²) in [7, 11) is 0. The lowest BCUT2D eigenvalue weighted by Crippen LogP contribution is -2.12. The van der Waals surface area contributed by atoms with E-state index in [9.17, 15) is 4.79 Å². The molecule has 2 N–H and O–H groups in total. The molecule has 0 aliphatic heterocycles. The van der Waals surface area contributed by atoms with Crippen LogP contribution < -0.4 is 5.32 Å². The second-order valence-electron chi connectivity index (χ2n) is 6.06. The number of fused-ring (bicyclic) bond motifs is 1. The van der Waals surface area contributed by atoms with Gasteiger partial charge in [-0.05, 0) is 54.3 Å². The van der Waals surface area contributed by atoms with E-state index in [4.69, 9.17) is 0 Å². The van der Waals surface area contributed by atoms with E-state index >= 15 is 0 Å². The van der Waals surface area contributed by atoms with Crippen molar-refractivity contribution in [2.75, 3.05) is 11.1 Å². The van der Waals surface area contributed by atoms with Gasteiger partial charge in [-0.2, -0.15) is 0 Å². The number of thioether (sulfide) groups is 1. The van der Waals surface area contributed by atoms with Crippen LogP contribution in [0.1, 0.15) is 17.3 Å². The van der Waals surface area contributed by atoms with E-state index < -0.39 is 0 Å². The smallest absolute Gasteiger partial charge is 0.256 e. The van der Waals surface area contributed by atoms with E-state index in [0.29, 0.717) is 5.56 Å². The molecule has 1 amide bonds. The number of para-hydroxylation sites is 2. The maximum Gasteiger partial charge on any atom is 0.256 e. The summed E-state index contributed by atoms with van der Waals surface area (Å²) >= 11 is 1.67. The van der Waals surface area contributed by atoms with E-state index in [1.165, 1.54) is 0 Å². The quantitative estimate of drug-likeness (QED) is 0.448. The van der Waals surface area contributed by atoms with Gasteiger partial charge in [0, 0.05) is 16.1 Å². The van der Waals surface area contributed by atoms with E-state index in [1.807, 2.05) is 72.8 Å². The van der Waals surface area contributed by atoms with Gasteiger partial charge in [-0.1, -0.05) is 31.2 Å². The number of anilines is 1. The molecular weight excluding hydrogens is 354 g/mol. The molecular formula is C22H19N3OS. The number of carbonyl (C=O) groups is 1. The Morgan fingerprint density at radius 1 is 1.00 bits per heavy atom. The molecule has 1 aromatic heterocycles. The highest BCUT2D eigenvalue weighted by molar-refractivity contribution is 7.99. The maximum absolute atomic E-state index is 12.6. The molecule has 5 heteroatoms. The van der Waals surface area contributed by atoms with Gasteiger partial charge in [-0.15, -0.1) is 11.8 Å². The van der Waals surface area contributed by atoms with Crippen molar-refractivity contribution in [3.05, 3.63) is 78.4 Å². The van der Waals surface area contributed by atoms with Crippen molar-refractivity contribution >= 4 is 34.4 Å². The van der Waals surface area contributed by atoms with Crippen molar-refractivity contribution in [1.29, 1.82) is 0 Å². The van der Waals surface area contributed by atoms with Crippen LogP contribution in [-0.4, -0.2) is 21.6 Å². The summed E-state index contributed by atoms with van der Waals surface area (Å²) in [5.74, 6) is 1.65. The molecule has 0 saturated carbocycles. The summed E-state index contributed by atoms with van der Waals surface area (Å²) in [5, 5.41) is 2.98. The van der Waals surface area contributed by atoms with Crippen molar-refractivity contribution in [3.8, 4) is 11.4 Å². The minimum Gasteiger partial charge on any atom is -0.338 e. The van der Waals surface area contributed by atoms with E-state index in [2.05, 4.69) is 22.2 Å². The zero-order valence-corrected chi connectivity index (χ0v) is 15.7. The van der Waals surface area contributed by atoms with Gasteiger partial charge < -0.3 is 10.3 Å². The Labute approximate surface area is 162 Å². The molecule has 0 spiro atoms. The largest absolute Gasteiger partial charge is 0.338 e. The number of aromatic amines is 1. The van der Waals surface area contributed by atoms with Gasteiger partial charge in [0.25, 0.3) is 5.91 Å². The summed E-state index contributed by atoms with van der Waals surface area (Å²) in [6.45, 7) is 2.08. The van der Waals surface area contributed by atoms with Crippen LogP contribution in [0.2, 0.25) is 0 Å². The fraction of sp³-hybridized carbons (Fsp3) is 0.0909. The fourth-order valence-electron chi connectivity index (χ4n) is 2.93. The van der Waals surface area contributed by atoms with Crippen molar-refractivity contribution in [2.24, 2.45) is 0 Å². The molecule has 0 atom stereocenters. The average Bonchev–Trinajstić information content (AvgIpc) is 3.13. The number of H-pyrrole nitrogens is 1. The first kappa shape index (κ1) is 17.4. The molecule has 4 aromatic rings. The average molecular weight is 373 g/mol. The number of nitrogens with zero attached hydrogens (tertiary/aromatic N) is 1. The molecule has 0 fully saturated rings. The zero-order valence-electron chi connectivity index (χ0n) is 14.9. The molecule has 27 heavy (non-hydrogen) atoms. The highest BCUT2D eigenvalue weighted by Gasteiger charge is 2.11. The summed E-state index contributed by atoms with van der Waals surface area (Å²) in [6, 6.07) is 23.3. The van der Waals surface area contributed by atoms with Crippen LogP contribution in [0.25, 0.3) is 22.4 Å². The zero-order chi connectivity index (χ0) is 18.6. The number of aromatic nitrogens is 2. The number of amides is 1. The molecule has 0 aliphatic carbocycles. The van der Waals surface area contributed by atoms with Crippen molar-refractivity contribution < 1.29 is 4.79 Å². The number of hydrogen-bond acceptors (Lipinski definition) is 3. The van der Waals surface area contributed by atoms with E-state index in [0.717, 1.165) is 38.8 Å². The molecule has 0 aliphatic rings. The summed E-state index contributed by atoms with van der Waals surface area (Å²) in [5.41, 5.74) is 4.39. The highest BCUT2D eigenvalue weighted by atomic mass is 32.2. The standard InChI is InChI=1S/C22H19N3OS/c1-2-27-20-10-6-3-7-17(20)22(26)23-16-13-11-15(12-14-16)21-24-18-8-4-5-9-19(18)25-21/h3-14H,2H2,1H3,(H,23,26)(H,24,25). The lowest BCUT2D eigenvalue weighted by Gasteiger charge is -2.09. The minimum absolute atomic E-state index is 0.0944. The topological polar surface area (TPSA) is 57.8 Å². The first-order valence-corrected chi connectivity index (χ1v) is 9.81. The van der Waals surface area contributed by atoms with Crippen molar-refractivity contribution in [1.82, 2.24) is 9.97 Å². The minimum atomic E-state index is -0.0944. The van der Waals surface area contributed by atoms with Gasteiger partial charge in [0.1, 0.15) is 5.82 Å². The Kier molecular flexibility index (Phi) is 4.94. The highest BCUT2D eigenvalue weighted by Crippen LogP contribution is 2.25. The van der Waals surface area contributed by atoms with Gasteiger partial charge in [0.15, 0.2) is 0 Å². The number of rotatable bonds is 5. The Bertz CT molecular complexity index is 1050. The lowest BCUT2D eigenvalue weighted by molar-refractivity contribution is 0.102. The van der Waals surface area contributed by atoms with Gasteiger partial charge in [0.2, 0.25) is 0 Å². The fourth-order valence-corrected chi connectivity index (χ4v) is 3.74. The van der Waals surface area contributed by atoms with E-state index in [-0.39, 0.29) is 5.91 Å². The Morgan fingerprint density at radius 3 is 2.52 bits per heavy atom. The Hall–Kier alpha value is -3.05. The number of carbonyl (C=O) groups excluding carboxylic acids is 1. The summed E-state index contributed by atoms with van der Waals surface area (Å²) in [6.07, 6.45) is 0. The molecule has 3 aromatic carbocycles. The van der Waals surface area contributed by atoms with Crippen LogP contribution >= 0.6 is 11.8 Å². The Morgan fingerprint density at radius 2 is 1.74 bits per heavy atom. The molecule has 4 rings (SSSR count). The normalized spacial score (nSPS) is 10.9. The summed E-state index contributed by atoms with van der Waals surface area (Å²) < 4.78 is 0. The Balaban J connectivity index is 1.53. The van der Waals surface area contributed by atoms with Crippen LogP contribution in [0.5, 0.6) is 0 Å². The first-order chi connectivity index (χ1) is 13.2. The van der Waals surface area contributed by atoms with Crippen LogP contribution in [0.15, 0.2) is 77.7 Å². The van der Waals surface area contributed by atoms with Gasteiger partial charge in [-0.3, -0.25) is 4.79 Å². The molecule has 0 bridgehead atoms. The van der Waals surface area contributed by atoms with Crippen molar-refractivity contribution in [2.45, 2.75) is 11.8 Å². The lowest BCUT2D eigenvalue weighted by atomic mass is 10.1. The predicted octanol–water partition coefficient (Wildman–Crippen LogP) is 5.59. The third-order valence-electron chi connectivity index (χ3n) is 4.24. The number of imidazole rings is 1. The molecule has 0 radical (unpaired) electrons.